The highest BCUT2D eigenvalue weighted by molar-refractivity contribution is 5.40. The quantitative estimate of drug-likeness (QED) is 0.625. The highest BCUT2D eigenvalue weighted by Crippen LogP contribution is 2.39. The van der Waals surface area contributed by atoms with Gasteiger partial charge in [0.2, 0.25) is 0 Å². The SMILES string of the molecule is C=CCOc1ccc(C2CCC(CCC)OC2)c(C(F)F)c1F. The van der Waals surface area contributed by atoms with Gasteiger partial charge in [0.15, 0.2) is 11.6 Å². The van der Waals surface area contributed by atoms with E-state index in [1.54, 1.807) is 0 Å². The molecule has 1 saturated heterocycles. The van der Waals surface area contributed by atoms with Gasteiger partial charge in [-0.3, -0.25) is 0 Å². The molecule has 0 aliphatic carbocycles. The van der Waals surface area contributed by atoms with Crippen molar-refractivity contribution in [2.24, 2.45) is 0 Å². The standard InChI is InChI=1S/C18H23F3O2/c1-3-5-13-7-6-12(11-23-13)14-8-9-15(22-10-4-2)17(19)16(14)18(20)21/h4,8-9,12-13,18H,2-3,5-7,10-11H2,1H3. The molecule has 2 unspecified atom stereocenters. The van der Waals surface area contributed by atoms with Crippen LogP contribution in [0.15, 0.2) is 24.8 Å². The maximum atomic E-state index is 14.4. The van der Waals surface area contributed by atoms with Crippen molar-refractivity contribution in [3.8, 4) is 5.75 Å². The van der Waals surface area contributed by atoms with E-state index in [1.165, 1.54) is 18.2 Å². The van der Waals surface area contributed by atoms with Crippen LogP contribution in [0.2, 0.25) is 0 Å². The van der Waals surface area contributed by atoms with Gasteiger partial charge in [-0.15, -0.1) is 0 Å². The van der Waals surface area contributed by atoms with Crippen LogP contribution in [0.4, 0.5) is 13.2 Å². The Morgan fingerprint density at radius 1 is 1.39 bits per heavy atom. The highest BCUT2D eigenvalue weighted by atomic mass is 19.3. The Hall–Kier alpha value is -1.49. The van der Waals surface area contributed by atoms with Crippen LogP contribution in [0.3, 0.4) is 0 Å². The minimum atomic E-state index is -2.88. The van der Waals surface area contributed by atoms with E-state index in [2.05, 4.69) is 13.5 Å². The molecule has 0 bridgehead atoms. The zero-order valence-corrected chi connectivity index (χ0v) is 13.4. The molecule has 0 amide bonds. The van der Waals surface area contributed by atoms with Crippen molar-refractivity contribution in [3.05, 3.63) is 41.7 Å². The van der Waals surface area contributed by atoms with Gasteiger partial charge in [-0.05, 0) is 30.9 Å². The van der Waals surface area contributed by atoms with Crippen molar-refractivity contribution in [3.63, 3.8) is 0 Å². The Labute approximate surface area is 135 Å². The molecule has 128 valence electrons. The van der Waals surface area contributed by atoms with Gasteiger partial charge in [-0.1, -0.05) is 32.1 Å². The minimum absolute atomic E-state index is 0.0736. The average Bonchev–Trinajstić information content (AvgIpc) is 2.54. The first-order valence-corrected chi connectivity index (χ1v) is 8.04. The number of hydrogen-bond donors (Lipinski definition) is 0. The molecule has 1 aliphatic heterocycles. The molecule has 2 rings (SSSR count). The van der Waals surface area contributed by atoms with E-state index in [0.29, 0.717) is 12.2 Å². The molecule has 1 aliphatic rings. The molecule has 1 aromatic rings. The molecule has 2 nitrogen and oxygen atoms in total. The number of halogens is 3. The lowest BCUT2D eigenvalue weighted by atomic mass is 9.87. The van der Waals surface area contributed by atoms with Crippen LogP contribution < -0.4 is 4.74 Å². The van der Waals surface area contributed by atoms with Gasteiger partial charge in [0.25, 0.3) is 6.43 Å². The van der Waals surface area contributed by atoms with Crippen LogP contribution in [-0.2, 0) is 4.74 Å². The molecule has 0 N–H and O–H groups in total. The lowest BCUT2D eigenvalue weighted by Gasteiger charge is -2.30. The molecule has 0 aromatic heterocycles. The summed E-state index contributed by atoms with van der Waals surface area (Å²) in [5.41, 5.74) is -0.229. The molecule has 0 spiro atoms. The fourth-order valence-corrected chi connectivity index (χ4v) is 3.03. The highest BCUT2D eigenvalue weighted by Gasteiger charge is 2.29. The summed E-state index contributed by atoms with van der Waals surface area (Å²) in [6.07, 6.45) is 2.29. The summed E-state index contributed by atoms with van der Waals surface area (Å²) < 4.78 is 52.0. The van der Waals surface area contributed by atoms with Crippen molar-refractivity contribution in [2.45, 2.75) is 51.1 Å². The second-order valence-electron chi connectivity index (χ2n) is 5.80. The Kier molecular flexibility index (Phi) is 6.51. The fourth-order valence-electron chi connectivity index (χ4n) is 3.03. The molecule has 1 heterocycles. The summed E-state index contributed by atoms with van der Waals surface area (Å²) in [4.78, 5) is 0. The van der Waals surface area contributed by atoms with Crippen molar-refractivity contribution < 1.29 is 22.6 Å². The van der Waals surface area contributed by atoms with Crippen molar-refractivity contribution in [2.75, 3.05) is 13.2 Å². The predicted molar refractivity (Wildman–Crippen MR) is 83.7 cm³/mol. The summed E-state index contributed by atoms with van der Waals surface area (Å²) in [7, 11) is 0. The maximum absolute atomic E-state index is 14.4. The summed E-state index contributed by atoms with van der Waals surface area (Å²) in [6.45, 7) is 5.98. The Balaban J connectivity index is 2.21. The monoisotopic (exact) mass is 328 g/mol. The van der Waals surface area contributed by atoms with E-state index in [-0.39, 0.29) is 24.4 Å². The Morgan fingerprint density at radius 2 is 2.17 bits per heavy atom. The van der Waals surface area contributed by atoms with Gasteiger partial charge in [-0.25, -0.2) is 13.2 Å². The van der Waals surface area contributed by atoms with Gasteiger partial charge in [0, 0.05) is 5.92 Å². The van der Waals surface area contributed by atoms with Crippen molar-refractivity contribution >= 4 is 0 Å². The van der Waals surface area contributed by atoms with E-state index >= 15 is 0 Å². The first kappa shape index (κ1) is 17.9. The topological polar surface area (TPSA) is 18.5 Å². The van der Waals surface area contributed by atoms with Crippen molar-refractivity contribution in [1.29, 1.82) is 0 Å². The molecule has 0 radical (unpaired) electrons. The zero-order valence-electron chi connectivity index (χ0n) is 13.4. The lowest BCUT2D eigenvalue weighted by molar-refractivity contribution is -0.00193. The minimum Gasteiger partial charge on any atom is -0.486 e. The van der Waals surface area contributed by atoms with Crippen molar-refractivity contribution in [1.82, 2.24) is 0 Å². The lowest BCUT2D eigenvalue weighted by Crippen LogP contribution is -2.25. The summed E-state index contributed by atoms with van der Waals surface area (Å²) >= 11 is 0. The van der Waals surface area contributed by atoms with Crippen LogP contribution in [-0.4, -0.2) is 19.3 Å². The average molecular weight is 328 g/mol. The number of alkyl halides is 2. The van der Waals surface area contributed by atoms with Crippen LogP contribution in [0.1, 0.15) is 56.1 Å². The number of ether oxygens (including phenoxy) is 2. The smallest absolute Gasteiger partial charge is 0.267 e. The zero-order chi connectivity index (χ0) is 16.8. The van der Waals surface area contributed by atoms with E-state index in [9.17, 15) is 13.2 Å². The van der Waals surface area contributed by atoms with Crippen LogP contribution in [0.25, 0.3) is 0 Å². The molecule has 2 atom stereocenters. The van der Waals surface area contributed by atoms with E-state index in [4.69, 9.17) is 9.47 Å². The summed E-state index contributed by atoms with van der Waals surface area (Å²) in [5.74, 6) is -1.34. The molecule has 1 aromatic carbocycles. The first-order chi connectivity index (χ1) is 11.1. The van der Waals surface area contributed by atoms with Gasteiger partial charge in [0.1, 0.15) is 6.61 Å². The summed E-state index contributed by atoms with van der Waals surface area (Å²) in [5, 5.41) is 0. The third-order valence-electron chi connectivity index (χ3n) is 4.17. The van der Waals surface area contributed by atoms with Gasteiger partial charge in [-0.2, -0.15) is 0 Å². The van der Waals surface area contributed by atoms with Crippen LogP contribution in [0, 0.1) is 5.82 Å². The predicted octanol–water partition coefficient (Wildman–Crippen LogP) is 5.39. The molecule has 5 heteroatoms. The molecule has 0 saturated carbocycles. The second kappa shape index (κ2) is 8.39. The van der Waals surface area contributed by atoms with Gasteiger partial charge < -0.3 is 9.47 Å². The number of benzene rings is 1. The number of rotatable bonds is 7. The van der Waals surface area contributed by atoms with E-state index < -0.39 is 17.8 Å². The largest absolute Gasteiger partial charge is 0.486 e. The molecule has 23 heavy (non-hydrogen) atoms. The first-order valence-electron chi connectivity index (χ1n) is 8.04. The van der Waals surface area contributed by atoms with Gasteiger partial charge >= 0.3 is 0 Å². The Bertz CT molecular complexity index is 523. The van der Waals surface area contributed by atoms with E-state index in [0.717, 1.165) is 25.7 Å². The molecular weight excluding hydrogens is 305 g/mol. The van der Waals surface area contributed by atoms with Crippen LogP contribution in [0.5, 0.6) is 5.75 Å². The van der Waals surface area contributed by atoms with E-state index in [1.807, 2.05) is 0 Å². The Morgan fingerprint density at radius 3 is 2.74 bits per heavy atom. The maximum Gasteiger partial charge on any atom is 0.267 e. The van der Waals surface area contributed by atoms with Gasteiger partial charge in [0.05, 0.1) is 18.3 Å². The second-order valence-corrected chi connectivity index (χ2v) is 5.80. The summed E-state index contributed by atoms with van der Waals surface area (Å²) in [6, 6.07) is 2.95. The third kappa shape index (κ3) is 4.28. The third-order valence-corrected chi connectivity index (χ3v) is 4.17. The molecule has 1 fully saturated rings. The van der Waals surface area contributed by atoms with Crippen LogP contribution >= 0.6 is 0 Å². The molecular formula is C18H23F3O2. The normalized spacial score (nSPS) is 21.4. The fraction of sp³-hybridized carbons (Fsp3) is 0.556. The number of hydrogen-bond acceptors (Lipinski definition) is 2.